The lowest BCUT2D eigenvalue weighted by molar-refractivity contribution is -0.133. The van der Waals surface area contributed by atoms with E-state index in [1.165, 1.54) is 11.1 Å². The molecule has 144 valence electrons. The summed E-state index contributed by atoms with van der Waals surface area (Å²) in [6, 6.07) is 8.64. The molecule has 1 aromatic rings. The van der Waals surface area contributed by atoms with Gasteiger partial charge in [-0.05, 0) is 24.5 Å². The summed E-state index contributed by atoms with van der Waals surface area (Å²) in [4.78, 5) is 18.3. The Morgan fingerprint density at radius 1 is 1.31 bits per heavy atom. The average molecular weight is 361 g/mol. The number of likely N-dealkylation sites (tertiary alicyclic amines) is 1. The van der Waals surface area contributed by atoms with Crippen LogP contribution in [0.3, 0.4) is 0 Å². The van der Waals surface area contributed by atoms with Crippen molar-refractivity contribution in [3.63, 3.8) is 0 Å². The Labute approximate surface area is 157 Å². The van der Waals surface area contributed by atoms with Crippen molar-refractivity contribution < 1.29 is 9.53 Å². The molecule has 1 atom stereocenters. The van der Waals surface area contributed by atoms with Gasteiger partial charge in [0.15, 0.2) is 5.96 Å². The van der Waals surface area contributed by atoms with Crippen molar-refractivity contribution >= 4 is 11.9 Å². The second-order valence-electron chi connectivity index (χ2n) is 6.95. The zero-order chi connectivity index (χ0) is 18.9. The van der Waals surface area contributed by atoms with E-state index in [4.69, 9.17) is 4.74 Å². The van der Waals surface area contributed by atoms with Gasteiger partial charge < -0.3 is 20.3 Å². The van der Waals surface area contributed by atoms with Crippen molar-refractivity contribution in [1.82, 2.24) is 15.5 Å². The highest BCUT2D eigenvalue weighted by Gasteiger charge is 2.27. The van der Waals surface area contributed by atoms with Crippen molar-refractivity contribution in [2.24, 2.45) is 10.9 Å². The second kappa shape index (κ2) is 10.2. The van der Waals surface area contributed by atoms with Gasteiger partial charge in [-0.3, -0.25) is 9.79 Å². The number of ether oxygens (including phenoxy) is 1. The van der Waals surface area contributed by atoms with Crippen LogP contribution >= 0.6 is 0 Å². The smallest absolute Gasteiger partial charge is 0.225 e. The number of carbonyl (C=O) groups is 1. The van der Waals surface area contributed by atoms with Gasteiger partial charge in [0.2, 0.25) is 5.91 Å². The fourth-order valence-corrected chi connectivity index (χ4v) is 2.99. The molecule has 6 heteroatoms. The lowest BCUT2D eigenvalue weighted by Crippen LogP contribution is -2.45. The van der Waals surface area contributed by atoms with E-state index in [1.807, 2.05) is 25.7 Å². The maximum Gasteiger partial charge on any atom is 0.225 e. The Morgan fingerprint density at radius 3 is 2.62 bits per heavy atom. The van der Waals surface area contributed by atoms with E-state index in [-0.39, 0.29) is 17.9 Å². The molecule has 26 heavy (non-hydrogen) atoms. The van der Waals surface area contributed by atoms with Crippen LogP contribution in [0.4, 0.5) is 0 Å². The summed E-state index contributed by atoms with van der Waals surface area (Å²) in [6.07, 6.45) is 0.950. The van der Waals surface area contributed by atoms with Crippen molar-refractivity contribution in [1.29, 1.82) is 0 Å². The Morgan fingerprint density at radius 2 is 2.00 bits per heavy atom. The molecule has 1 heterocycles. The maximum atomic E-state index is 12.1. The SMILES string of the molecule is CCOCc1ccc(CNC(=NC)NC2CCN(C(=O)C(C)C)C2)cc1. The summed E-state index contributed by atoms with van der Waals surface area (Å²) in [5.74, 6) is 1.05. The summed E-state index contributed by atoms with van der Waals surface area (Å²) < 4.78 is 5.42. The summed E-state index contributed by atoms with van der Waals surface area (Å²) in [5, 5.41) is 6.77. The van der Waals surface area contributed by atoms with Gasteiger partial charge in [-0.1, -0.05) is 38.1 Å². The van der Waals surface area contributed by atoms with E-state index in [9.17, 15) is 4.79 Å². The van der Waals surface area contributed by atoms with Crippen LogP contribution in [-0.2, 0) is 22.7 Å². The number of hydrogen-bond acceptors (Lipinski definition) is 3. The average Bonchev–Trinajstić information content (AvgIpc) is 3.11. The number of nitrogens with one attached hydrogen (secondary N) is 2. The van der Waals surface area contributed by atoms with Gasteiger partial charge in [-0.25, -0.2) is 0 Å². The van der Waals surface area contributed by atoms with Crippen LogP contribution in [0.25, 0.3) is 0 Å². The van der Waals surface area contributed by atoms with Crippen LogP contribution in [0.5, 0.6) is 0 Å². The van der Waals surface area contributed by atoms with E-state index in [2.05, 4.69) is 39.9 Å². The maximum absolute atomic E-state index is 12.1. The number of aliphatic imine (C=N–C) groups is 1. The molecule has 6 nitrogen and oxygen atoms in total. The summed E-state index contributed by atoms with van der Waals surface area (Å²) in [7, 11) is 1.77. The Kier molecular flexibility index (Phi) is 7.91. The lowest BCUT2D eigenvalue weighted by Gasteiger charge is -2.20. The molecule has 2 rings (SSSR count). The third kappa shape index (κ3) is 6.02. The molecule has 0 saturated carbocycles. The number of guanidine groups is 1. The molecule has 1 saturated heterocycles. The van der Waals surface area contributed by atoms with Gasteiger partial charge in [0.05, 0.1) is 6.61 Å². The summed E-state index contributed by atoms with van der Waals surface area (Å²) >= 11 is 0. The molecule has 0 radical (unpaired) electrons. The zero-order valence-electron chi connectivity index (χ0n) is 16.4. The van der Waals surface area contributed by atoms with Crippen molar-refractivity contribution in [3.8, 4) is 0 Å². The predicted molar refractivity (Wildman–Crippen MR) is 105 cm³/mol. The number of rotatable bonds is 7. The van der Waals surface area contributed by atoms with Crippen molar-refractivity contribution in [2.75, 3.05) is 26.7 Å². The van der Waals surface area contributed by atoms with Crippen molar-refractivity contribution in [2.45, 2.75) is 46.4 Å². The van der Waals surface area contributed by atoms with E-state index >= 15 is 0 Å². The normalized spacial score (nSPS) is 17.7. The Balaban J connectivity index is 1.78. The number of benzene rings is 1. The highest BCUT2D eigenvalue weighted by Crippen LogP contribution is 2.12. The van der Waals surface area contributed by atoms with Gasteiger partial charge in [0.1, 0.15) is 0 Å². The first-order valence-corrected chi connectivity index (χ1v) is 9.45. The topological polar surface area (TPSA) is 66.0 Å². The largest absolute Gasteiger partial charge is 0.377 e. The number of carbonyl (C=O) groups excluding carboxylic acids is 1. The number of nitrogens with zero attached hydrogens (tertiary/aromatic N) is 2. The third-order valence-electron chi connectivity index (χ3n) is 4.51. The van der Waals surface area contributed by atoms with Gasteiger partial charge in [-0.15, -0.1) is 0 Å². The minimum absolute atomic E-state index is 0.0527. The summed E-state index contributed by atoms with van der Waals surface area (Å²) in [6.45, 7) is 9.53. The fourth-order valence-electron chi connectivity index (χ4n) is 2.99. The molecule has 1 amide bonds. The molecule has 1 aliphatic heterocycles. The first-order chi connectivity index (χ1) is 12.5. The number of hydrogen-bond donors (Lipinski definition) is 2. The molecule has 2 N–H and O–H groups in total. The van der Waals surface area contributed by atoms with Crippen LogP contribution in [-0.4, -0.2) is 49.6 Å². The van der Waals surface area contributed by atoms with E-state index in [0.717, 1.165) is 32.1 Å². The third-order valence-corrected chi connectivity index (χ3v) is 4.51. The van der Waals surface area contributed by atoms with Gasteiger partial charge in [0.25, 0.3) is 0 Å². The Bertz CT molecular complexity index is 598. The monoisotopic (exact) mass is 360 g/mol. The van der Waals surface area contributed by atoms with Gasteiger partial charge in [0, 0.05) is 45.2 Å². The van der Waals surface area contributed by atoms with Crippen LogP contribution in [0.15, 0.2) is 29.3 Å². The predicted octanol–water partition coefficient (Wildman–Crippen LogP) is 2.14. The molecule has 1 aliphatic rings. The molecular formula is C20H32N4O2. The minimum atomic E-state index is 0.0527. The molecule has 1 unspecified atom stereocenters. The second-order valence-corrected chi connectivity index (χ2v) is 6.95. The molecule has 0 aliphatic carbocycles. The lowest BCUT2D eigenvalue weighted by atomic mass is 10.1. The quantitative estimate of drug-likeness (QED) is 0.578. The fraction of sp³-hybridized carbons (Fsp3) is 0.600. The van der Waals surface area contributed by atoms with Crippen LogP contribution in [0.1, 0.15) is 38.3 Å². The van der Waals surface area contributed by atoms with Gasteiger partial charge in [-0.2, -0.15) is 0 Å². The van der Waals surface area contributed by atoms with Crippen LogP contribution in [0.2, 0.25) is 0 Å². The molecular weight excluding hydrogens is 328 g/mol. The highest BCUT2D eigenvalue weighted by molar-refractivity contribution is 5.81. The van der Waals surface area contributed by atoms with E-state index in [0.29, 0.717) is 13.2 Å². The van der Waals surface area contributed by atoms with Crippen molar-refractivity contribution in [3.05, 3.63) is 35.4 Å². The van der Waals surface area contributed by atoms with Crippen LogP contribution < -0.4 is 10.6 Å². The molecule has 0 bridgehead atoms. The van der Waals surface area contributed by atoms with E-state index in [1.54, 1.807) is 7.05 Å². The first-order valence-electron chi connectivity index (χ1n) is 9.45. The molecule has 0 aromatic heterocycles. The molecule has 0 spiro atoms. The van der Waals surface area contributed by atoms with Gasteiger partial charge >= 0.3 is 0 Å². The molecule has 1 aromatic carbocycles. The minimum Gasteiger partial charge on any atom is -0.377 e. The number of amides is 1. The standard InChI is InChI=1S/C20H32N4O2/c1-5-26-14-17-8-6-16(7-9-17)12-22-20(21-4)23-18-10-11-24(13-18)19(25)15(2)3/h6-9,15,18H,5,10-14H2,1-4H3,(H2,21,22,23). The zero-order valence-corrected chi connectivity index (χ0v) is 16.4. The summed E-state index contributed by atoms with van der Waals surface area (Å²) in [5.41, 5.74) is 2.37. The molecule has 1 fully saturated rings. The van der Waals surface area contributed by atoms with Crippen LogP contribution in [0, 0.1) is 5.92 Å². The highest BCUT2D eigenvalue weighted by atomic mass is 16.5. The van der Waals surface area contributed by atoms with E-state index < -0.39 is 0 Å². The first kappa shape index (κ1) is 20.2. The Hall–Kier alpha value is -2.08.